The van der Waals surface area contributed by atoms with Gasteiger partial charge in [-0.3, -0.25) is 0 Å². The van der Waals surface area contributed by atoms with Crippen molar-refractivity contribution in [1.29, 1.82) is 0 Å². The fourth-order valence-electron chi connectivity index (χ4n) is 1.61. The minimum Gasteiger partial charge on any atom is -0.383 e. The average molecular weight is 273 g/mol. The van der Waals surface area contributed by atoms with E-state index in [9.17, 15) is 18.3 Å². The van der Waals surface area contributed by atoms with Gasteiger partial charge in [0.15, 0.2) is 11.6 Å². The highest BCUT2D eigenvalue weighted by Crippen LogP contribution is 2.31. The molecule has 0 amide bonds. The Labute approximate surface area is 106 Å². The molecule has 94 valence electrons. The maximum absolute atomic E-state index is 13.5. The molecule has 0 fully saturated rings. The van der Waals surface area contributed by atoms with Gasteiger partial charge in [0.05, 0.1) is 0 Å². The van der Waals surface area contributed by atoms with E-state index < -0.39 is 23.6 Å². The largest absolute Gasteiger partial charge is 0.383 e. The fourth-order valence-corrected chi connectivity index (χ4v) is 1.87. The smallest absolute Gasteiger partial charge is 0.160 e. The highest BCUT2D eigenvalue weighted by molar-refractivity contribution is 6.31. The fraction of sp³-hybridized carbons (Fsp3) is 0.0769. The maximum Gasteiger partial charge on any atom is 0.160 e. The molecule has 1 unspecified atom stereocenters. The second kappa shape index (κ2) is 5.00. The van der Waals surface area contributed by atoms with E-state index in [-0.39, 0.29) is 16.1 Å². The van der Waals surface area contributed by atoms with Crippen molar-refractivity contribution in [1.82, 2.24) is 0 Å². The summed E-state index contributed by atoms with van der Waals surface area (Å²) in [5.41, 5.74) is -0.133. The van der Waals surface area contributed by atoms with E-state index >= 15 is 0 Å². The van der Waals surface area contributed by atoms with E-state index in [0.717, 1.165) is 18.2 Å². The molecular formula is C13H8ClF3O. The summed E-state index contributed by atoms with van der Waals surface area (Å²) in [5, 5.41) is 9.79. The number of aliphatic hydroxyl groups excluding tert-OH is 1. The van der Waals surface area contributed by atoms with Crippen molar-refractivity contribution in [3.8, 4) is 0 Å². The summed E-state index contributed by atoms with van der Waals surface area (Å²) < 4.78 is 39.5. The van der Waals surface area contributed by atoms with Crippen LogP contribution in [0, 0.1) is 17.5 Å². The third kappa shape index (κ3) is 2.35. The molecule has 18 heavy (non-hydrogen) atoms. The minimum atomic E-state index is -1.45. The van der Waals surface area contributed by atoms with Gasteiger partial charge >= 0.3 is 0 Å². The van der Waals surface area contributed by atoms with Crippen molar-refractivity contribution in [3.63, 3.8) is 0 Å². The zero-order valence-electron chi connectivity index (χ0n) is 9.00. The van der Waals surface area contributed by atoms with Gasteiger partial charge in [-0.15, -0.1) is 0 Å². The van der Waals surface area contributed by atoms with E-state index in [4.69, 9.17) is 11.6 Å². The van der Waals surface area contributed by atoms with Crippen molar-refractivity contribution in [2.75, 3.05) is 0 Å². The zero-order chi connectivity index (χ0) is 13.3. The molecule has 1 atom stereocenters. The number of hydrogen-bond donors (Lipinski definition) is 1. The SMILES string of the molecule is OC(c1ccccc1F)c1cc(F)c(F)cc1Cl. The Morgan fingerprint density at radius 1 is 0.889 bits per heavy atom. The summed E-state index contributed by atoms with van der Waals surface area (Å²) >= 11 is 5.71. The second-order valence-corrected chi connectivity index (χ2v) is 4.12. The lowest BCUT2D eigenvalue weighted by atomic mass is 10.0. The summed E-state index contributed by atoms with van der Waals surface area (Å²) in [6, 6.07) is 6.99. The van der Waals surface area contributed by atoms with Crippen LogP contribution in [0.1, 0.15) is 17.2 Å². The van der Waals surface area contributed by atoms with E-state index in [2.05, 4.69) is 0 Å². The Morgan fingerprint density at radius 2 is 1.50 bits per heavy atom. The predicted molar refractivity (Wildman–Crippen MR) is 61.8 cm³/mol. The lowest BCUT2D eigenvalue weighted by Crippen LogP contribution is -2.04. The number of benzene rings is 2. The monoisotopic (exact) mass is 272 g/mol. The van der Waals surface area contributed by atoms with Crippen molar-refractivity contribution in [3.05, 3.63) is 70.0 Å². The van der Waals surface area contributed by atoms with Gasteiger partial charge in [-0.25, -0.2) is 13.2 Å². The number of rotatable bonds is 2. The van der Waals surface area contributed by atoms with Crippen molar-refractivity contribution in [2.45, 2.75) is 6.10 Å². The van der Waals surface area contributed by atoms with Crippen LogP contribution < -0.4 is 0 Å². The van der Waals surface area contributed by atoms with Crippen LogP contribution in [0.25, 0.3) is 0 Å². The molecule has 0 aliphatic rings. The van der Waals surface area contributed by atoms with Crippen LogP contribution >= 0.6 is 11.6 Å². The molecule has 0 saturated heterocycles. The lowest BCUT2D eigenvalue weighted by Gasteiger charge is -2.14. The van der Waals surface area contributed by atoms with Gasteiger partial charge in [0.1, 0.15) is 11.9 Å². The molecule has 0 aliphatic carbocycles. The Hall–Kier alpha value is -1.52. The molecule has 0 spiro atoms. The maximum atomic E-state index is 13.5. The first kappa shape index (κ1) is 12.9. The van der Waals surface area contributed by atoms with Gasteiger partial charge in [-0.1, -0.05) is 29.8 Å². The average Bonchev–Trinajstić information content (AvgIpc) is 2.33. The molecule has 2 aromatic rings. The molecule has 0 saturated carbocycles. The third-order valence-corrected chi connectivity index (χ3v) is 2.86. The first-order chi connectivity index (χ1) is 8.50. The molecule has 0 aliphatic heterocycles. The highest BCUT2D eigenvalue weighted by atomic mass is 35.5. The van der Waals surface area contributed by atoms with Gasteiger partial charge < -0.3 is 5.11 Å². The topological polar surface area (TPSA) is 20.2 Å². The van der Waals surface area contributed by atoms with Crippen molar-refractivity contribution >= 4 is 11.6 Å². The van der Waals surface area contributed by atoms with E-state index in [1.54, 1.807) is 0 Å². The second-order valence-electron chi connectivity index (χ2n) is 3.71. The molecular weight excluding hydrogens is 265 g/mol. The zero-order valence-corrected chi connectivity index (χ0v) is 9.76. The molecule has 1 nitrogen and oxygen atoms in total. The molecule has 2 aromatic carbocycles. The predicted octanol–water partition coefficient (Wildman–Crippen LogP) is 3.84. The van der Waals surface area contributed by atoms with Crippen LogP contribution in [0.3, 0.4) is 0 Å². The minimum absolute atomic E-state index is 0.0505. The van der Waals surface area contributed by atoms with Gasteiger partial charge in [0.25, 0.3) is 0 Å². The number of hydrogen-bond acceptors (Lipinski definition) is 1. The Balaban J connectivity index is 2.50. The van der Waals surface area contributed by atoms with E-state index in [0.29, 0.717) is 0 Å². The molecule has 0 radical (unpaired) electrons. The Morgan fingerprint density at radius 3 is 2.17 bits per heavy atom. The molecule has 0 heterocycles. The van der Waals surface area contributed by atoms with Gasteiger partial charge in [0, 0.05) is 16.1 Å². The molecule has 1 N–H and O–H groups in total. The lowest BCUT2D eigenvalue weighted by molar-refractivity contribution is 0.214. The highest BCUT2D eigenvalue weighted by Gasteiger charge is 2.19. The van der Waals surface area contributed by atoms with Crippen LogP contribution in [0.2, 0.25) is 5.02 Å². The molecule has 0 bridgehead atoms. The normalized spacial score (nSPS) is 12.5. The molecule has 5 heteroatoms. The summed E-state index contributed by atoms with van der Waals surface area (Å²) in [4.78, 5) is 0. The van der Waals surface area contributed by atoms with Gasteiger partial charge in [-0.05, 0) is 18.2 Å². The summed E-state index contributed by atoms with van der Waals surface area (Å²) in [6.45, 7) is 0. The third-order valence-electron chi connectivity index (χ3n) is 2.53. The van der Waals surface area contributed by atoms with Gasteiger partial charge in [0.2, 0.25) is 0 Å². The Bertz CT molecular complexity index is 586. The van der Waals surface area contributed by atoms with Crippen molar-refractivity contribution in [2.24, 2.45) is 0 Å². The summed E-state index contributed by atoms with van der Waals surface area (Å²) in [6.07, 6.45) is -1.45. The van der Waals surface area contributed by atoms with E-state index in [1.165, 1.54) is 18.2 Å². The van der Waals surface area contributed by atoms with Crippen molar-refractivity contribution < 1.29 is 18.3 Å². The first-order valence-electron chi connectivity index (χ1n) is 5.07. The van der Waals surface area contributed by atoms with E-state index in [1.807, 2.05) is 0 Å². The van der Waals surface area contributed by atoms with Crippen LogP contribution in [0.15, 0.2) is 36.4 Å². The quantitative estimate of drug-likeness (QED) is 0.824. The number of aliphatic hydroxyl groups is 1. The van der Waals surface area contributed by atoms with Crippen LogP contribution in [-0.4, -0.2) is 5.11 Å². The standard InChI is InChI=1S/C13H8ClF3O/c14-9-6-12(17)11(16)5-8(9)13(18)7-3-1-2-4-10(7)15/h1-6,13,18H. The first-order valence-corrected chi connectivity index (χ1v) is 5.45. The molecule has 0 aromatic heterocycles. The van der Waals surface area contributed by atoms with Crippen LogP contribution in [-0.2, 0) is 0 Å². The molecule has 2 rings (SSSR count). The van der Waals surface area contributed by atoms with Crippen LogP contribution in [0.4, 0.5) is 13.2 Å². The van der Waals surface area contributed by atoms with Crippen LogP contribution in [0.5, 0.6) is 0 Å². The van der Waals surface area contributed by atoms with Gasteiger partial charge in [-0.2, -0.15) is 0 Å². The Kier molecular flexibility index (Phi) is 3.59. The summed E-state index contributed by atoms with van der Waals surface area (Å²) in [7, 11) is 0. The number of halogens is 4. The summed E-state index contributed by atoms with van der Waals surface area (Å²) in [5.74, 6) is -2.92.